The van der Waals surface area contributed by atoms with E-state index < -0.39 is 25.4 Å². The molecule has 0 spiro atoms. The molecular weight excluding hydrogens is 250 g/mol. The van der Waals surface area contributed by atoms with Crippen LogP contribution in [0.4, 0.5) is 11.6 Å². The number of hydrogen-bond acceptors (Lipinski definition) is 8. The van der Waals surface area contributed by atoms with Crippen molar-refractivity contribution >= 4 is 11.6 Å². The Labute approximate surface area is 111 Å². The lowest BCUT2D eigenvalue weighted by molar-refractivity contribution is 0.0831. The van der Waals surface area contributed by atoms with Gasteiger partial charge in [0.2, 0.25) is 0 Å². The molecule has 0 aliphatic heterocycles. The molecule has 8 heteroatoms. The van der Waals surface area contributed by atoms with E-state index in [4.69, 9.17) is 5.84 Å². The lowest BCUT2D eigenvalue weighted by Gasteiger charge is -2.29. The van der Waals surface area contributed by atoms with Crippen molar-refractivity contribution in [1.82, 2.24) is 9.97 Å². The van der Waals surface area contributed by atoms with Crippen LogP contribution in [-0.2, 0) is 6.42 Å². The summed E-state index contributed by atoms with van der Waals surface area (Å²) in [5, 5.41) is 30.6. The number of nitrogens with two attached hydrogens (primary N) is 1. The number of aliphatic hydroxyl groups is 3. The van der Waals surface area contributed by atoms with Crippen LogP contribution in [0.25, 0.3) is 0 Å². The van der Waals surface area contributed by atoms with Crippen LogP contribution < -0.4 is 16.6 Å². The third-order valence-electron chi connectivity index (χ3n) is 2.70. The third-order valence-corrected chi connectivity index (χ3v) is 2.70. The van der Waals surface area contributed by atoms with Crippen LogP contribution in [0, 0.1) is 0 Å². The Bertz CT molecular complexity index is 390. The number of hydrogen-bond donors (Lipinski definition) is 6. The molecule has 0 aliphatic rings. The smallest absolute Gasteiger partial charge is 0.145 e. The molecule has 0 atom stereocenters. The van der Waals surface area contributed by atoms with E-state index >= 15 is 0 Å². The van der Waals surface area contributed by atoms with Crippen molar-refractivity contribution < 1.29 is 15.3 Å². The maximum absolute atomic E-state index is 9.27. The van der Waals surface area contributed by atoms with Gasteiger partial charge in [-0.25, -0.2) is 15.8 Å². The first kappa shape index (κ1) is 15.6. The molecule has 0 saturated carbocycles. The van der Waals surface area contributed by atoms with Gasteiger partial charge in [0, 0.05) is 12.5 Å². The van der Waals surface area contributed by atoms with E-state index in [2.05, 4.69) is 20.7 Å². The third kappa shape index (κ3) is 4.00. The molecule has 19 heavy (non-hydrogen) atoms. The molecule has 1 aromatic heterocycles. The van der Waals surface area contributed by atoms with Crippen LogP contribution in [0.2, 0.25) is 0 Å². The van der Waals surface area contributed by atoms with Crippen molar-refractivity contribution in [2.24, 2.45) is 5.84 Å². The largest absolute Gasteiger partial charge is 0.394 e. The monoisotopic (exact) mass is 271 g/mol. The van der Waals surface area contributed by atoms with E-state index in [9.17, 15) is 15.3 Å². The molecule has 0 radical (unpaired) electrons. The molecule has 0 saturated heterocycles. The second-order valence-electron chi connectivity index (χ2n) is 4.33. The number of aliphatic hydroxyl groups excluding tert-OH is 3. The van der Waals surface area contributed by atoms with Gasteiger partial charge >= 0.3 is 0 Å². The summed E-state index contributed by atoms with van der Waals surface area (Å²) >= 11 is 0. The number of nitrogen functional groups attached to an aromatic ring is 1. The van der Waals surface area contributed by atoms with Gasteiger partial charge in [-0.2, -0.15) is 0 Å². The fourth-order valence-electron chi connectivity index (χ4n) is 1.51. The average molecular weight is 271 g/mol. The van der Waals surface area contributed by atoms with E-state index in [1.807, 2.05) is 6.92 Å². The number of aryl methyl sites for hydroxylation is 1. The van der Waals surface area contributed by atoms with Crippen molar-refractivity contribution in [3.8, 4) is 0 Å². The number of rotatable bonds is 8. The van der Waals surface area contributed by atoms with Crippen LogP contribution in [0.15, 0.2) is 6.07 Å². The zero-order valence-corrected chi connectivity index (χ0v) is 10.9. The topological polar surface area (TPSA) is 137 Å². The highest BCUT2D eigenvalue weighted by Gasteiger charge is 2.28. The van der Waals surface area contributed by atoms with Gasteiger partial charge in [-0.05, 0) is 6.42 Å². The minimum Gasteiger partial charge on any atom is -0.394 e. The Balaban J connectivity index is 3.01. The molecule has 7 N–H and O–H groups in total. The van der Waals surface area contributed by atoms with Crippen LogP contribution >= 0.6 is 0 Å². The number of anilines is 2. The van der Waals surface area contributed by atoms with E-state index in [0.29, 0.717) is 23.9 Å². The molecule has 0 amide bonds. The van der Waals surface area contributed by atoms with Gasteiger partial charge in [0.05, 0.1) is 19.8 Å². The second-order valence-corrected chi connectivity index (χ2v) is 4.33. The zero-order valence-electron chi connectivity index (χ0n) is 10.9. The minimum atomic E-state index is -1.23. The number of nitrogens with one attached hydrogen (secondary N) is 2. The summed E-state index contributed by atoms with van der Waals surface area (Å²) in [5.41, 5.74) is 1.19. The Morgan fingerprint density at radius 3 is 2.21 bits per heavy atom. The van der Waals surface area contributed by atoms with Gasteiger partial charge in [0.25, 0.3) is 0 Å². The van der Waals surface area contributed by atoms with Gasteiger partial charge in [-0.15, -0.1) is 0 Å². The maximum Gasteiger partial charge on any atom is 0.145 e. The zero-order chi connectivity index (χ0) is 14.3. The summed E-state index contributed by atoms with van der Waals surface area (Å²) in [6, 6.07) is 1.54. The Morgan fingerprint density at radius 1 is 1.16 bits per heavy atom. The molecule has 1 heterocycles. The van der Waals surface area contributed by atoms with Gasteiger partial charge in [0.15, 0.2) is 0 Å². The van der Waals surface area contributed by atoms with Crippen LogP contribution in [0.3, 0.4) is 0 Å². The summed E-state index contributed by atoms with van der Waals surface area (Å²) in [6.45, 7) is 0.702. The van der Waals surface area contributed by atoms with Crippen molar-refractivity contribution in [3.05, 3.63) is 11.9 Å². The number of aromatic nitrogens is 2. The van der Waals surface area contributed by atoms with Gasteiger partial charge in [-0.1, -0.05) is 6.92 Å². The van der Waals surface area contributed by atoms with E-state index in [1.165, 1.54) is 6.07 Å². The highest BCUT2D eigenvalue weighted by atomic mass is 16.3. The highest BCUT2D eigenvalue weighted by molar-refractivity contribution is 5.48. The first-order valence-corrected chi connectivity index (χ1v) is 6.08. The van der Waals surface area contributed by atoms with Crippen LogP contribution in [0.5, 0.6) is 0 Å². The lowest BCUT2D eigenvalue weighted by Crippen LogP contribution is -2.49. The molecule has 0 aliphatic carbocycles. The van der Waals surface area contributed by atoms with Crippen LogP contribution in [-0.4, -0.2) is 50.6 Å². The highest BCUT2D eigenvalue weighted by Crippen LogP contribution is 2.16. The molecular formula is C11H21N5O3. The molecule has 1 aromatic rings. The fraction of sp³-hybridized carbons (Fsp3) is 0.636. The summed E-state index contributed by atoms with van der Waals surface area (Å²) in [5.74, 6) is 6.71. The molecule has 0 aromatic carbocycles. The molecule has 0 unspecified atom stereocenters. The van der Waals surface area contributed by atoms with Crippen molar-refractivity contribution in [1.29, 1.82) is 0 Å². The molecule has 1 rings (SSSR count). The Morgan fingerprint density at radius 2 is 1.74 bits per heavy atom. The number of nitrogens with zero attached hydrogens (tertiary/aromatic N) is 2. The second kappa shape index (κ2) is 7.19. The molecule has 0 fully saturated rings. The maximum atomic E-state index is 9.27. The van der Waals surface area contributed by atoms with Crippen molar-refractivity contribution in [2.75, 3.05) is 30.6 Å². The number of hydrazine groups is 1. The Hall–Kier alpha value is -1.48. The van der Waals surface area contributed by atoms with Gasteiger partial charge in [0.1, 0.15) is 23.0 Å². The van der Waals surface area contributed by atoms with Gasteiger partial charge in [-0.3, -0.25) is 0 Å². The first-order chi connectivity index (χ1) is 9.12. The predicted molar refractivity (Wildman–Crippen MR) is 71.4 cm³/mol. The van der Waals surface area contributed by atoms with E-state index in [1.54, 1.807) is 0 Å². The summed E-state index contributed by atoms with van der Waals surface area (Å²) in [4.78, 5) is 8.42. The van der Waals surface area contributed by atoms with E-state index in [-0.39, 0.29) is 0 Å². The van der Waals surface area contributed by atoms with Crippen LogP contribution in [0.1, 0.15) is 19.2 Å². The van der Waals surface area contributed by atoms with Gasteiger partial charge < -0.3 is 26.1 Å². The molecule has 108 valence electrons. The normalized spacial score (nSPS) is 11.4. The molecule has 0 bridgehead atoms. The SMILES string of the molecule is CCCc1nc(NN)cc(NC(CO)(CO)CO)n1. The Kier molecular flexibility index (Phi) is 5.90. The lowest BCUT2D eigenvalue weighted by atomic mass is 10.0. The van der Waals surface area contributed by atoms with E-state index in [0.717, 1.165) is 6.42 Å². The molecule has 8 nitrogen and oxygen atoms in total. The summed E-state index contributed by atoms with van der Waals surface area (Å²) < 4.78 is 0. The fourth-order valence-corrected chi connectivity index (χ4v) is 1.51. The first-order valence-electron chi connectivity index (χ1n) is 6.08. The quantitative estimate of drug-likeness (QED) is 0.257. The standard InChI is InChI=1S/C11H21N5O3/c1-2-3-8-13-9(4-10(14-8)16-12)15-11(5-17,6-18)7-19/h4,17-19H,2-3,5-7,12H2,1H3,(H2,13,14,15,16). The van der Waals surface area contributed by atoms with Crippen molar-refractivity contribution in [3.63, 3.8) is 0 Å². The summed E-state index contributed by atoms with van der Waals surface area (Å²) in [7, 11) is 0. The predicted octanol–water partition coefficient (Wildman–Crippen LogP) is -1.16. The van der Waals surface area contributed by atoms with Crippen molar-refractivity contribution in [2.45, 2.75) is 25.3 Å². The minimum absolute atomic E-state index is 0.378. The average Bonchev–Trinajstić information content (AvgIpc) is 2.45. The summed E-state index contributed by atoms with van der Waals surface area (Å²) in [6.07, 6.45) is 1.55.